The van der Waals surface area contributed by atoms with E-state index in [-0.39, 0.29) is 49.0 Å². The van der Waals surface area contributed by atoms with Crippen LogP contribution in [0.5, 0.6) is 0 Å². The number of nitro groups is 2. The summed E-state index contributed by atoms with van der Waals surface area (Å²) in [6.45, 7) is 6.15. The van der Waals surface area contributed by atoms with Crippen molar-refractivity contribution in [2.75, 3.05) is 124 Å². The predicted octanol–water partition coefficient (Wildman–Crippen LogP) is 2.47. The van der Waals surface area contributed by atoms with Gasteiger partial charge >= 0.3 is 5.97 Å². The monoisotopic (exact) mass is 711 g/mol. The van der Waals surface area contributed by atoms with E-state index < -0.39 is 21.6 Å². The topological polar surface area (TPSA) is 216 Å². The van der Waals surface area contributed by atoms with Gasteiger partial charge in [0.15, 0.2) is 0 Å². The van der Waals surface area contributed by atoms with Gasteiger partial charge in [-0.05, 0) is 6.07 Å². The molecular formula is C32H45N3O15. The maximum Gasteiger partial charge on any atom is 0.379 e. The minimum absolute atomic E-state index is 0.0210. The standard InChI is InChI=1S/C32H45N3O15/c36-31(27-4-2-1-3-5-27)32(37)50-25-24-49-23-22-48-21-20-47-19-18-46-17-16-45-15-14-44-13-12-43-11-10-42-9-8-33-29-7-6-28(34(38)39)26-30(29)35(40)41/h1-7,26,33H,8-25H2. The van der Waals surface area contributed by atoms with Gasteiger partial charge in [-0.25, -0.2) is 4.79 Å². The molecule has 0 aliphatic carbocycles. The molecule has 18 heteroatoms. The zero-order valence-electron chi connectivity index (χ0n) is 27.9. The molecule has 0 unspecified atom stereocenters. The zero-order chi connectivity index (χ0) is 36.1. The highest BCUT2D eigenvalue weighted by molar-refractivity contribution is 6.40. The number of hydrogen-bond donors (Lipinski definition) is 1. The van der Waals surface area contributed by atoms with Gasteiger partial charge in [0.25, 0.3) is 17.2 Å². The molecule has 0 atom stereocenters. The number of benzene rings is 2. The lowest BCUT2D eigenvalue weighted by Crippen LogP contribution is -2.20. The van der Waals surface area contributed by atoms with Crippen molar-refractivity contribution in [2.45, 2.75) is 0 Å². The van der Waals surface area contributed by atoms with E-state index in [9.17, 15) is 29.8 Å². The zero-order valence-corrected chi connectivity index (χ0v) is 27.9. The maximum absolute atomic E-state index is 11.9. The molecule has 2 rings (SSSR count). The van der Waals surface area contributed by atoms with Gasteiger partial charge in [-0.1, -0.05) is 30.3 Å². The number of anilines is 1. The third-order valence-electron chi connectivity index (χ3n) is 6.24. The van der Waals surface area contributed by atoms with Crippen LogP contribution in [0, 0.1) is 20.2 Å². The summed E-state index contributed by atoms with van der Waals surface area (Å²) in [5.41, 5.74) is -0.270. The summed E-state index contributed by atoms with van der Waals surface area (Å²) in [5, 5.41) is 24.8. The molecule has 2 aromatic rings. The van der Waals surface area contributed by atoms with Crippen molar-refractivity contribution in [2.24, 2.45) is 0 Å². The highest BCUT2D eigenvalue weighted by atomic mass is 16.6. The van der Waals surface area contributed by atoms with E-state index in [1.807, 2.05) is 0 Å². The van der Waals surface area contributed by atoms with E-state index in [1.165, 1.54) is 12.1 Å². The van der Waals surface area contributed by atoms with Crippen LogP contribution >= 0.6 is 0 Å². The lowest BCUT2D eigenvalue weighted by atomic mass is 10.1. The Morgan fingerprint density at radius 1 is 0.540 bits per heavy atom. The van der Waals surface area contributed by atoms with E-state index >= 15 is 0 Å². The molecular weight excluding hydrogens is 666 g/mol. The molecule has 18 nitrogen and oxygen atoms in total. The number of Topliss-reactive ketones (excluding diaryl/α,β-unsaturated/α-hetero) is 1. The number of ketones is 1. The summed E-state index contributed by atoms with van der Waals surface area (Å²) < 4.78 is 48.2. The Morgan fingerprint density at radius 3 is 1.38 bits per heavy atom. The molecule has 278 valence electrons. The number of nitrogens with zero attached hydrogens (tertiary/aromatic N) is 2. The molecule has 0 saturated carbocycles. The third kappa shape index (κ3) is 19.8. The fourth-order valence-corrected chi connectivity index (χ4v) is 3.80. The number of carbonyl (C=O) groups excluding carboxylic acids is 2. The van der Waals surface area contributed by atoms with Gasteiger partial charge in [0.1, 0.15) is 12.3 Å². The average Bonchev–Trinajstić information content (AvgIpc) is 3.12. The molecule has 0 heterocycles. The van der Waals surface area contributed by atoms with Crippen LogP contribution in [0.2, 0.25) is 0 Å². The Hall–Kier alpha value is -4.14. The molecule has 2 aromatic carbocycles. The minimum atomic E-state index is -0.913. The molecule has 0 saturated heterocycles. The number of carbonyl (C=O) groups is 2. The molecule has 0 spiro atoms. The number of nitro benzene ring substituents is 2. The molecule has 0 aromatic heterocycles. The molecule has 0 fully saturated rings. The van der Waals surface area contributed by atoms with Crippen molar-refractivity contribution in [3.8, 4) is 0 Å². The molecule has 1 N–H and O–H groups in total. The largest absolute Gasteiger partial charge is 0.457 e. The van der Waals surface area contributed by atoms with Crippen molar-refractivity contribution >= 4 is 28.8 Å². The van der Waals surface area contributed by atoms with Gasteiger partial charge in [0, 0.05) is 18.2 Å². The SMILES string of the molecule is O=C(OCCOCCOCCOCCOCCOCCOCCOCCOCCNc1ccc([N+](=O)[O-])cc1[N+](=O)[O-])C(=O)c1ccccc1. The molecule has 0 aliphatic rings. The van der Waals surface area contributed by atoms with E-state index in [4.69, 9.17) is 42.6 Å². The normalized spacial score (nSPS) is 11.0. The molecule has 0 bridgehead atoms. The van der Waals surface area contributed by atoms with Crippen LogP contribution in [0.15, 0.2) is 48.5 Å². The third-order valence-corrected chi connectivity index (χ3v) is 6.24. The average molecular weight is 712 g/mol. The predicted molar refractivity (Wildman–Crippen MR) is 177 cm³/mol. The van der Waals surface area contributed by atoms with Crippen LogP contribution < -0.4 is 5.32 Å². The van der Waals surface area contributed by atoms with Crippen molar-refractivity contribution in [1.82, 2.24) is 0 Å². The number of rotatable bonds is 32. The van der Waals surface area contributed by atoms with Crippen molar-refractivity contribution < 1.29 is 62.1 Å². The summed E-state index contributed by atoms with van der Waals surface area (Å²) in [6, 6.07) is 11.6. The van der Waals surface area contributed by atoms with E-state index in [0.29, 0.717) is 92.5 Å². The lowest BCUT2D eigenvalue weighted by Gasteiger charge is -2.09. The van der Waals surface area contributed by atoms with Gasteiger partial charge in [0.05, 0.1) is 122 Å². The Morgan fingerprint density at radius 2 is 0.960 bits per heavy atom. The molecule has 50 heavy (non-hydrogen) atoms. The first-order valence-corrected chi connectivity index (χ1v) is 15.9. The smallest absolute Gasteiger partial charge is 0.379 e. The van der Waals surface area contributed by atoms with Gasteiger partial charge in [-0.3, -0.25) is 25.0 Å². The van der Waals surface area contributed by atoms with Crippen LogP contribution in [0.25, 0.3) is 0 Å². The maximum atomic E-state index is 11.9. The van der Waals surface area contributed by atoms with Crippen LogP contribution in [0.3, 0.4) is 0 Å². The second kappa shape index (κ2) is 27.7. The second-order valence-electron chi connectivity index (χ2n) is 9.87. The Balaban J connectivity index is 1.24. The van der Waals surface area contributed by atoms with Crippen LogP contribution in [-0.4, -0.2) is 140 Å². The fourth-order valence-electron chi connectivity index (χ4n) is 3.80. The molecule has 0 aliphatic heterocycles. The summed E-state index contributed by atoms with van der Waals surface area (Å²) in [6.07, 6.45) is 0. The number of ether oxygens (including phenoxy) is 9. The van der Waals surface area contributed by atoms with Gasteiger partial charge < -0.3 is 47.9 Å². The second-order valence-corrected chi connectivity index (χ2v) is 9.87. The first-order chi connectivity index (χ1) is 24.4. The Kier molecular flexibility index (Phi) is 23.2. The fraction of sp³-hybridized carbons (Fsp3) is 0.562. The van der Waals surface area contributed by atoms with E-state index in [0.717, 1.165) is 6.07 Å². The van der Waals surface area contributed by atoms with Gasteiger partial charge in [-0.15, -0.1) is 0 Å². The molecule has 0 radical (unpaired) electrons. The summed E-state index contributed by atoms with van der Waals surface area (Å²) >= 11 is 0. The van der Waals surface area contributed by atoms with E-state index in [2.05, 4.69) is 5.32 Å². The highest BCUT2D eigenvalue weighted by Crippen LogP contribution is 2.28. The summed E-state index contributed by atoms with van der Waals surface area (Å²) in [5.74, 6) is -1.60. The van der Waals surface area contributed by atoms with Crippen LogP contribution in [0.4, 0.5) is 17.1 Å². The summed E-state index contributed by atoms with van der Waals surface area (Å²) in [4.78, 5) is 44.2. The quantitative estimate of drug-likeness (QED) is 0.0288. The van der Waals surface area contributed by atoms with Crippen molar-refractivity contribution in [3.05, 3.63) is 74.3 Å². The number of esters is 1. The van der Waals surface area contributed by atoms with Crippen LogP contribution in [0.1, 0.15) is 10.4 Å². The molecule has 0 amide bonds. The first kappa shape index (κ1) is 42.0. The van der Waals surface area contributed by atoms with Crippen molar-refractivity contribution in [3.63, 3.8) is 0 Å². The Bertz CT molecular complexity index is 1250. The number of nitrogens with one attached hydrogen (secondary N) is 1. The Labute approximate surface area is 289 Å². The van der Waals surface area contributed by atoms with Crippen molar-refractivity contribution in [1.29, 1.82) is 0 Å². The first-order valence-electron chi connectivity index (χ1n) is 15.9. The van der Waals surface area contributed by atoms with E-state index in [1.54, 1.807) is 30.3 Å². The minimum Gasteiger partial charge on any atom is -0.457 e. The number of non-ortho nitro benzene ring substituents is 1. The number of hydrogen-bond acceptors (Lipinski definition) is 16. The summed E-state index contributed by atoms with van der Waals surface area (Å²) in [7, 11) is 0. The van der Waals surface area contributed by atoms with Gasteiger partial charge in [-0.2, -0.15) is 0 Å². The lowest BCUT2D eigenvalue weighted by molar-refractivity contribution is -0.393. The van der Waals surface area contributed by atoms with Gasteiger partial charge in [0.2, 0.25) is 0 Å². The highest BCUT2D eigenvalue weighted by Gasteiger charge is 2.19. The van der Waals surface area contributed by atoms with Crippen LogP contribution in [-0.2, 0) is 47.4 Å².